The first-order chi connectivity index (χ1) is 10.7. The number of rotatable bonds is 3. The predicted octanol–water partition coefficient (Wildman–Crippen LogP) is 2.71. The number of amides is 1. The number of halogens is 1. The zero-order valence-corrected chi connectivity index (χ0v) is 13.6. The third kappa shape index (κ3) is 3.09. The standard InChI is InChI=1S/C16H17BrN2O3/c17-13-4-2-1-3-12(13)15-10-19(7-8-21-15)16(20)14-6-5-11(9-18)22-14/h1-6,15H,7-10,18H2/t15-/m0/s1. The van der Waals surface area contributed by atoms with Crippen molar-refractivity contribution >= 4 is 21.8 Å². The fraction of sp³-hybridized carbons (Fsp3) is 0.312. The number of ether oxygens (including phenoxy) is 1. The van der Waals surface area contributed by atoms with E-state index in [4.69, 9.17) is 14.9 Å². The van der Waals surface area contributed by atoms with Crippen molar-refractivity contribution in [2.45, 2.75) is 12.6 Å². The van der Waals surface area contributed by atoms with E-state index in [9.17, 15) is 4.79 Å². The number of nitrogens with two attached hydrogens (primary N) is 1. The molecule has 1 aromatic carbocycles. The van der Waals surface area contributed by atoms with Crippen LogP contribution in [-0.2, 0) is 11.3 Å². The maximum atomic E-state index is 12.5. The molecule has 1 atom stereocenters. The normalized spacial score (nSPS) is 18.5. The molecule has 0 bridgehead atoms. The van der Waals surface area contributed by atoms with Crippen molar-refractivity contribution in [2.75, 3.05) is 19.7 Å². The van der Waals surface area contributed by atoms with Crippen LogP contribution in [0.25, 0.3) is 0 Å². The lowest BCUT2D eigenvalue weighted by atomic mass is 10.1. The van der Waals surface area contributed by atoms with Gasteiger partial charge >= 0.3 is 0 Å². The van der Waals surface area contributed by atoms with Crippen molar-refractivity contribution in [3.05, 3.63) is 58.0 Å². The highest BCUT2D eigenvalue weighted by atomic mass is 79.9. The van der Waals surface area contributed by atoms with E-state index in [0.717, 1.165) is 10.0 Å². The first-order valence-corrected chi connectivity index (χ1v) is 7.92. The van der Waals surface area contributed by atoms with Crippen molar-refractivity contribution in [3.63, 3.8) is 0 Å². The largest absolute Gasteiger partial charge is 0.455 e. The Labute approximate surface area is 137 Å². The summed E-state index contributed by atoms with van der Waals surface area (Å²) in [6, 6.07) is 11.3. The second-order valence-corrected chi connectivity index (χ2v) is 5.96. The predicted molar refractivity (Wildman–Crippen MR) is 85.3 cm³/mol. The van der Waals surface area contributed by atoms with Gasteiger partial charge in [-0.15, -0.1) is 0 Å². The molecule has 2 heterocycles. The number of hydrogen-bond donors (Lipinski definition) is 1. The van der Waals surface area contributed by atoms with E-state index in [1.54, 1.807) is 17.0 Å². The lowest BCUT2D eigenvalue weighted by Gasteiger charge is -2.33. The smallest absolute Gasteiger partial charge is 0.289 e. The first kappa shape index (κ1) is 15.3. The molecule has 1 fully saturated rings. The molecule has 0 radical (unpaired) electrons. The van der Waals surface area contributed by atoms with Gasteiger partial charge in [-0.25, -0.2) is 0 Å². The Kier molecular flexibility index (Phi) is 4.61. The fourth-order valence-corrected chi connectivity index (χ4v) is 3.06. The van der Waals surface area contributed by atoms with Crippen LogP contribution >= 0.6 is 15.9 Å². The Morgan fingerprint density at radius 2 is 2.14 bits per heavy atom. The average Bonchev–Trinajstić information content (AvgIpc) is 3.04. The van der Waals surface area contributed by atoms with Gasteiger partial charge in [0.25, 0.3) is 5.91 Å². The Hall–Kier alpha value is -1.63. The van der Waals surface area contributed by atoms with Crippen LogP contribution in [0.15, 0.2) is 45.3 Å². The molecule has 0 unspecified atom stereocenters. The Morgan fingerprint density at radius 1 is 1.32 bits per heavy atom. The van der Waals surface area contributed by atoms with Crippen molar-refractivity contribution in [1.82, 2.24) is 4.90 Å². The minimum atomic E-state index is -0.141. The van der Waals surface area contributed by atoms with Crippen molar-refractivity contribution in [3.8, 4) is 0 Å². The topological polar surface area (TPSA) is 68.7 Å². The third-order valence-corrected chi connectivity index (χ3v) is 4.40. The molecule has 1 amide bonds. The molecule has 6 heteroatoms. The number of nitrogens with zero attached hydrogens (tertiary/aromatic N) is 1. The van der Waals surface area contributed by atoms with Crippen LogP contribution in [0.3, 0.4) is 0 Å². The van der Waals surface area contributed by atoms with Gasteiger partial charge in [0.2, 0.25) is 0 Å². The van der Waals surface area contributed by atoms with E-state index in [0.29, 0.717) is 31.2 Å². The zero-order valence-electron chi connectivity index (χ0n) is 12.0. The summed E-state index contributed by atoms with van der Waals surface area (Å²) in [7, 11) is 0. The van der Waals surface area contributed by atoms with E-state index >= 15 is 0 Å². The molecule has 1 saturated heterocycles. The lowest BCUT2D eigenvalue weighted by Crippen LogP contribution is -2.42. The zero-order chi connectivity index (χ0) is 15.5. The van der Waals surface area contributed by atoms with Gasteiger partial charge < -0.3 is 19.8 Å². The first-order valence-electron chi connectivity index (χ1n) is 7.13. The summed E-state index contributed by atoms with van der Waals surface area (Å²) < 4.78 is 12.2. The molecule has 1 aliphatic heterocycles. The van der Waals surface area contributed by atoms with Gasteiger partial charge in [0.15, 0.2) is 5.76 Å². The summed E-state index contributed by atoms with van der Waals surface area (Å²) in [6.07, 6.45) is -0.141. The molecule has 5 nitrogen and oxygen atoms in total. The average molecular weight is 365 g/mol. The summed E-state index contributed by atoms with van der Waals surface area (Å²) in [5.74, 6) is 0.812. The third-order valence-electron chi connectivity index (χ3n) is 3.68. The van der Waals surface area contributed by atoms with Crippen LogP contribution in [-0.4, -0.2) is 30.5 Å². The monoisotopic (exact) mass is 364 g/mol. The van der Waals surface area contributed by atoms with Gasteiger partial charge in [0.1, 0.15) is 11.9 Å². The molecule has 2 N–H and O–H groups in total. The van der Waals surface area contributed by atoms with Crippen molar-refractivity contribution in [1.29, 1.82) is 0 Å². The highest BCUT2D eigenvalue weighted by molar-refractivity contribution is 9.10. The van der Waals surface area contributed by atoms with E-state index in [1.165, 1.54) is 0 Å². The van der Waals surface area contributed by atoms with Crippen LogP contribution in [0.2, 0.25) is 0 Å². The molecule has 1 aliphatic rings. The maximum absolute atomic E-state index is 12.5. The Morgan fingerprint density at radius 3 is 2.86 bits per heavy atom. The van der Waals surface area contributed by atoms with E-state index < -0.39 is 0 Å². The Bertz CT molecular complexity index is 671. The van der Waals surface area contributed by atoms with Gasteiger partial charge in [-0.1, -0.05) is 34.1 Å². The molecule has 116 valence electrons. The molecule has 0 aliphatic carbocycles. The Balaban J connectivity index is 1.75. The summed E-state index contributed by atoms with van der Waals surface area (Å²) in [5, 5.41) is 0. The van der Waals surface area contributed by atoms with Crippen LogP contribution < -0.4 is 5.73 Å². The number of hydrogen-bond acceptors (Lipinski definition) is 4. The summed E-state index contributed by atoms with van der Waals surface area (Å²) >= 11 is 3.53. The van der Waals surface area contributed by atoms with Gasteiger partial charge in [-0.05, 0) is 23.8 Å². The molecular weight excluding hydrogens is 348 g/mol. The maximum Gasteiger partial charge on any atom is 0.289 e. The molecule has 2 aromatic rings. The summed E-state index contributed by atoms with van der Waals surface area (Å²) in [5.41, 5.74) is 6.56. The summed E-state index contributed by atoms with van der Waals surface area (Å²) in [4.78, 5) is 14.3. The second kappa shape index (κ2) is 6.64. The highest BCUT2D eigenvalue weighted by Crippen LogP contribution is 2.29. The van der Waals surface area contributed by atoms with Gasteiger partial charge in [0, 0.05) is 11.0 Å². The highest BCUT2D eigenvalue weighted by Gasteiger charge is 2.28. The second-order valence-electron chi connectivity index (χ2n) is 5.10. The number of carbonyl (C=O) groups is 1. The number of carbonyl (C=O) groups excluding carboxylic acids is 1. The molecule has 0 spiro atoms. The fourth-order valence-electron chi connectivity index (χ4n) is 2.52. The minimum Gasteiger partial charge on any atom is -0.455 e. The van der Waals surface area contributed by atoms with E-state index in [-0.39, 0.29) is 18.6 Å². The van der Waals surface area contributed by atoms with Crippen LogP contribution in [0.1, 0.15) is 28.0 Å². The van der Waals surface area contributed by atoms with Crippen molar-refractivity contribution in [2.24, 2.45) is 5.73 Å². The quantitative estimate of drug-likeness (QED) is 0.908. The molecule has 22 heavy (non-hydrogen) atoms. The van der Waals surface area contributed by atoms with Crippen LogP contribution in [0.5, 0.6) is 0 Å². The SMILES string of the molecule is NCc1ccc(C(=O)N2CCO[C@H](c3ccccc3Br)C2)o1. The van der Waals surface area contributed by atoms with Gasteiger partial charge in [0.05, 0.1) is 19.7 Å². The molecular formula is C16H17BrN2O3. The van der Waals surface area contributed by atoms with Crippen LogP contribution in [0, 0.1) is 0 Å². The van der Waals surface area contributed by atoms with Gasteiger partial charge in [-0.2, -0.15) is 0 Å². The summed E-state index contributed by atoms with van der Waals surface area (Å²) in [6.45, 7) is 1.84. The van der Waals surface area contributed by atoms with Crippen molar-refractivity contribution < 1.29 is 13.9 Å². The lowest BCUT2D eigenvalue weighted by molar-refractivity contribution is -0.0241. The minimum absolute atomic E-state index is 0.125. The molecule has 1 aromatic heterocycles. The number of morpholine rings is 1. The van der Waals surface area contributed by atoms with Gasteiger partial charge in [-0.3, -0.25) is 4.79 Å². The van der Waals surface area contributed by atoms with Crippen LogP contribution in [0.4, 0.5) is 0 Å². The molecule has 3 rings (SSSR count). The number of furan rings is 1. The number of benzene rings is 1. The molecule has 0 saturated carbocycles. The van der Waals surface area contributed by atoms with E-state index in [2.05, 4.69) is 15.9 Å². The van der Waals surface area contributed by atoms with E-state index in [1.807, 2.05) is 24.3 Å².